The van der Waals surface area contributed by atoms with E-state index in [9.17, 15) is 0 Å². The van der Waals surface area contributed by atoms with E-state index in [0.29, 0.717) is 0 Å². The smallest absolute Gasteiger partial charge is 0.204 e. The predicted octanol–water partition coefficient (Wildman–Crippen LogP) is 6.35. The number of aromatic nitrogens is 2. The van der Waals surface area contributed by atoms with Crippen molar-refractivity contribution in [2.24, 2.45) is 5.10 Å². The van der Waals surface area contributed by atoms with Crippen LogP contribution in [0.2, 0.25) is 0 Å². The van der Waals surface area contributed by atoms with Crippen molar-refractivity contribution >= 4 is 66.4 Å². The Kier molecular flexibility index (Phi) is 5.03. The third-order valence-electron chi connectivity index (χ3n) is 4.74. The lowest BCUT2D eigenvalue weighted by Gasteiger charge is -2.05. The van der Waals surface area contributed by atoms with Gasteiger partial charge >= 0.3 is 0 Å². The number of rotatable bonds is 5. The van der Waals surface area contributed by atoms with Gasteiger partial charge in [-0.1, -0.05) is 53.8 Å². The molecule has 2 aromatic heterocycles. The molecule has 142 valence electrons. The minimum atomic E-state index is 0.796. The molecule has 0 saturated heterocycles. The third kappa shape index (κ3) is 3.90. The highest BCUT2D eigenvalue weighted by molar-refractivity contribution is 14.1. The van der Waals surface area contributed by atoms with Crippen LogP contribution in [0.15, 0.2) is 84.1 Å². The molecule has 0 radical (unpaired) electrons. The maximum Gasteiger partial charge on any atom is 0.204 e. The van der Waals surface area contributed by atoms with Crippen molar-refractivity contribution < 1.29 is 0 Å². The van der Waals surface area contributed by atoms with Gasteiger partial charge in [-0.25, -0.2) is 4.98 Å². The van der Waals surface area contributed by atoms with Gasteiger partial charge in [0.1, 0.15) is 0 Å². The van der Waals surface area contributed by atoms with Crippen LogP contribution >= 0.6 is 33.9 Å². The Morgan fingerprint density at radius 3 is 2.66 bits per heavy atom. The summed E-state index contributed by atoms with van der Waals surface area (Å²) in [5, 5.41) is 6.43. The van der Waals surface area contributed by atoms with Gasteiger partial charge in [0.05, 0.1) is 16.4 Å². The van der Waals surface area contributed by atoms with Gasteiger partial charge in [-0.05, 0) is 58.5 Å². The molecule has 0 bridgehead atoms. The number of anilines is 1. The van der Waals surface area contributed by atoms with E-state index in [0.717, 1.165) is 27.5 Å². The highest BCUT2D eigenvalue weighted by Gasteiger charge is 2.07. The molecule has 0 amide bonds. The van der Waals surface area contributed by atoms with E-state index in [1.54, 1.807) is 11.3 Å². The molecule has 5 aromatic rings. The molecule has 6 heteroatoms. The van der Waals surface area contributed by atoms with E-state index in [1.807, 2.05) is 24.4 Å². The van der Waals surface area contributed by atoms with Crippen LogP contribution in [0.4, 0.5) is 5.13 Å². The molecule has 1 N–H and O–H groups in total. The third-order valence-corrected chi connectivity index (χ3v) is 6.40. The summed E-state index contributed by atoms with van der Waals surface area (Å²) in [5.41, 5.74) is 7.63. The van der Waals surface area contributed by atoms with Gasteiger partial charge in [-0.2, -0.15) is 5.10 Å². The zero-order valence-electron chi connectivity index (χ0n) is 15.4. The Morgan fingerprint density at radius 1 is 1.00 bits per heavy atom. The molecule has 0 spiro atoms. The second-order valence-corrected chi connectivity index (χ2v) is 8.99. The fourth-order valence-electron chi connectivity index (χ4n) is 3.37. The Morgan fingerprint density at radius 2 is 1.79 bits per heavy atom. The van der Waals surface area contributed by atoms with Crippen LogP contribution in [0, 0.1) is 3.57 Å². The van der Waals surface area contributed by atoms with Crippen molar-refractivity contribution in [3.05, 3.63) is 93.7 Å². The zero-order valence-corrected chi connectivity index (χ0v) is 18.4. The summed E-state index contributed by atoms with van der Waals surface area (Å²) in [4.78, 5) is 4.56. The normalized spacial score (nSPS) is 11.6. The van der Waals surface area contributed by atoms with Crippen molar-refractivity contribution in [2.75, 3.05) is 5.43 Å². The molecule has 3 aromatic carbocycles. The summed E-state index contributed by atoms with van der Waals surface area (Å²) in [6, 6.07) is 25.2. The first-order chi connectivity index (χ1) is 14.3. The van der Waals surface area contributed by atoms with Crippen LogP contribution in [0.5, 0.6) is 0 Å². The summed E-state index contributed by atoms with van der Waals surface area (Å²) in [7, 11) is 0. The average Bonchev–Trinajstić information content (AvgIpc) is 3.31. The number of nitrogens with one attached hydrogen (secondary N) is 1. The second-order valence-electron chi connectivity index (χ2n) is 6.71. The molecule has 0 saturated carbocycles. The maximum atomic E-state index is 4.56. The van der Waals surface area contributed by atoms with Crippen molar-refractivity contribution in [1.82, 2.24) is 9.55 Å². The van der Waals surface area contributed by atoms with Gasteiger partial charge in [0, 0.05) is 32.8 Å². The van der Waals surface area contributed by atoms with Crippen molar-refractivity contribution in [3.63, 3.8) is 0 Å². The molecule has 29 heavy (non-hydrogen) atoms. The zero-order chi connectivity index (χ0) is 19.6. The van der Waals surface area contributed by atoms with E-state index >= 15 is 0 Å². The first-order valence-electron chi connectivity index (χ1n) is 9.23. The molecule has 0 aliphatic carbocycles. The molecular formula is C23H17IN4S. The van der Waals surface area contributed by atoms with Gasteiger partial charge < -0.3 is 4.57 Å². The van der Waals surface area contributed by atoms with Crippen molar-refractivity contribution in [3.8, 4) is 0 Å². The lowest BCUT2D eigenvalue weighted by molar-refractivity contribution is 0.836. The standard InChI is InChI=1S/C23H17IN4S/c24-18-11-9-16(10-12-18)14-28-15-17(19-5-1-3-7-21(19)28)13-25-27-23-26-20-6-2-4-8-22(20)29-23/h1-13,15H,14H2,(H,26,27)/b25-13-. The molecular weight excluding hydrogens is 491 g/mol. The summed E-state index contributed by atoms with van der Waals surface area (Å²) in [6.07, 6.45) is 4.03. The SMILES string of the molecule is Ic1ccc(Cn2cc(/C=N\Nc3nc4ccccc4s3)c3ccccc32)cc1. The number of benzene rings is 3. The number of nitrogens with zero attached hydrogens (tertiary/aromatic N) is 3. The first kappa shape index (κ1) is 18.3. The van der Waals surface area contributed by atoms with E-state index < -0.39 is 0 Å². The largest absolute Gasteiger partial charge is 0.342 e. The van der Waals surface area contributed by atoms with Crippen LogP contribution in [0.3, 0.4) is 0 Å². The van der Waals surface area contributed by atoms with Gasteiger partial charge in [0.25, 0.3) is 0 Å². The number of hydrogen-bond donors (Lipinski definition) is 1. The molecule has 4 nitrogen and oxygen atoms in total. The van der Waals surface area contributed by atoms with E-state index in [-0.39, 0.29) is 0 Å². The summed E-state index contributed by atoms with van der Waals surface area (Å²) < 4.78 is 4.67. The Labute approximate surface area is 186 Å². The van der Waals surface area contributed by atoms with Crippen LogP contribution in [-0.2, 0) is 6.54 Å². The van der Waals surface area contributed by atoms with E-state index in [2.05, 4.69) is 103 Å². The minimum Gasteiger partial charge on any atom is -0.342 e. The van der Waals surface area contributed by atoms with Crippen LogP contribution in [0.1, 0.15) is 11.1 Å². The number of hydrazone groups is 1. The molecule has 2 heterocycles. The lowest BCUT2D eigenvalue weighted by Crippen LogP contribution is -1.97. The van der Waals surface area contributed by atoms with Gasteiger partial charge in [-0.15, -0.1) is 0 Å². The molecule has 0 unspecified atom stereocenters. The summed E-state index contributed by atoms with van der Waals surface area (Å²) >= 11 is 3.94. The summed E-state index contributed by atoms with van der Waals surface area (Å²) in [6.45, 7) is 0.830. The second kappa shape index (κ2) is 7.96. The molecule has 0 atom stereocenters. The fourth-order valence-corrected chi connectivity index (χ4v) is 4.55. The Balaban J connectivity index is 1.42. The highest BCUT2D eigenvalue weighted by Crippen LogP contribution is 2.26. The van der Waals surface area contributed by atoms with E-state index in [1.165, 1.54) is 20.0 Å². The lowest BCUT2D eigenvalue weighted by atomic mass is 10.2. The number of para-hydroxylation sites is 2. The minimum absolute atomic E-state index is 0.796. The Hall–Kier alpha value is -2.71. The number of hydrogen-bond acceptors (Lipinski definition) is 4. The van der Waals surface area contributed by atoms with Crippen LogP contribution < -0.4 is 5.43 Å². The number of fused-ring (bicyclic) bond motifs is 2. The molecule has 0 fully saturated rings. The number of thiazole rings is 1. The average molecular weight is 508 g/mol. The van der Waals surface area contributed by atoms with Gasteiger partial charge in [-0.3, -0.25) is 5.43 Å². The highest BCUT2D eigenvalue weighted by atomic mass is 127. The van der Waals surface area contributed by atoms with E-state index in [4.69, 9.17) is 0 Å². The van der Waals surface area contributed by atoms with Crippen molar-refractivity contribution in [1.29, 1.82) is 0 Å². The number of halogens is 1. The van der Waals surface area contributed by atoms with Crippen molar-refractivity contribution in [2.45, 2.75) is 6.54 Å². The molecule has 0 aliphatic rings. The monoisotopic (exact) mass is 508 g/mol. The Bertz CT molecular complexity index is 1280. The van der Waals surface area contributed by atoms with Gasteiger partial charge in [0.2, 0.25) is 5.13 Å². The maximum absolute atomic E-state index is 4.56. The van der Waals surface area contributed by atoms with Crippen LogP contribution in [0.25, 0.3) is 21.1 Å². The quantitative estimate of drug-likeness (QED) is 0.171. The predicted molar refractivity (Wildman–Crippen MR) is 131 cm³/mol. The molecule has 5 rings (SSSR count). The van der Waals surface area contributed by atoms with Gasteiger partial charge in [0.15, 0.2) is 0 Å². The molecule has 0 aliphatic heterocycles. The van der Waals surface area contributed by atoms with Crippen LogP contribution in [-0.4, -0.2) is 15.8 Å². The topological polar surface area (TPSA) is 42.2 Å². The fraction of sp³-hybridized carbons (Fsp3) is 0.0435. The first-order valence-corrected chi connectivity index (χ1v) is 11.1. The summed E-state index contributed by atoms with van der Waals surface area (Å²) in [5.74, 6) is 0.